The zero-order chi connectivity index (χ0) is 26.9. The molecule has 0 amide bonds. The highest BCUT2D eigenvalue weighted by Crippen LogP contribution is 2.41. The van der Waals surface area contributed by atoms with Gasteiger partial charge in [0.15, 0.2) is 0 Å². The maximum absolute atomic E-state index is 10.7. The lowest BCUT2D eigenvalue weighted by atomic mass is 9.68. The Labute approximate surface area is 220 Å². The molecule has 2 aromatic rings. The SMILES string of the molecule is CCC(O)(C=Cc1ccc(C(CC)(CC)c2ccc(B3OC(C)(C)C(C)(C)O3)c(C)c2)cc1C)CC. The summed E-state index contributed by atoms with van der Waals surface area (Å²) in [4.78, 5) is 0. The van der Waals surface area contributed by atoms with Crippen molar-refractivity contribution in [3.8, 4) is 0 Å². The fourth-order valence-electron chi connectivity index (χ4n) is 5.33. The average Bonchev–Trinajstić information content (AvgIpc) is 3.06. The Morgan fingerprint density at radius 2 is 1.28 bits per heavy atom. The van der Waals surface area contributed by atoms with Gasteiger partial charge in [0.05, 0.1) is 16.8 Å². The van der Waals surface area contributed by atoms with E-state index in [2.05, 4.69) is 97.9 Å². The predicted octanol–water partition coefficient (Wildman–Crippen LogP) is 7.27. The largest absolute Gasteiger partial charge is 0.495 e. The van der Waals surface area contributed by atoms with Crippen LogP contribution in [0.3, 0.4) is 0 Å². The first-order valence-corrected chi connectivity index (χ1v) is 13.8. The molecule has 0 spiro atoms. The van der Waals surface area contributed by atoms with Crippen LogP contribution in [0.4, 0.5) is 0 Å². The van der Waals surface area contributed by atoms with Gasteiger partial charge in [0.1, 0.15) is 0 Å². The van der Waals surface area contributed by atoms with Gasteiger partial charge in [0.25, 0.3) is 0 Å². The number of aliphatic hydroxyl groups is 1. The monoisotopic (exact) mass is 490 g/mol. The Bertz CT molecular complexity index is 1070. The van der Waals surface area contributed by atoms with E-state index in [1.807, 2.05) is 19.9 Å². The van der Waals surface area contributed by atoms with Crippen molar-refractivity contribution in [3.63, 3.8) is 0 Å². The molecule has 1 fully saturated rings. The van der Waals surface area contributed by atoms with E-state index in [1.54, 1.807) is 0 Å². The van der Waals surface area contributed by atoms with E-state index in [4.69, 9.17) is 9.31 Å². The molecule has 0 aromatic heterocycles. The van der Waals surface area contributed by atoms with Crippen LogP contribution in [0.2, 0.25) is 0 Å². The molecule has 0 saturated carbocycles. The van der Waals surface area contributed by atoms with E-state index in [9.17, 15) is 5.11 Å². The van der Waals surface area contributed by atoms with E-state index in [1.165, 1.54) is 22.3 Å². The first-order valence-electron chi connectivity index (χ1n) is 13.8. The second-order valence-corrected chi connectivity index (χ2v) is 11.7. The zero-order valence-corrected chi connectivity index (χ0v) is 24.3. The molecule has 2 aromatic carbocycles. The van der Waals surface area contributed by atoms with Gasteiger partial charge in [-0.3, -0.25) is 0 Å². The van der Waals surface area contributed by atoms with Crippen LogP contribution < -0.4 is 5.46 Å². The molecular weight excluding hydrogens is 443 g/mol. The van der Waals surface area contributed by atoms with Gasteiger partial charge in [-0.2, -0.15) is 0 Å². The molecule has 0 bridgehead atoms. The summed E-state index contributed by atoms with van der Waals surface area (Å²) >= 11 is 0. The van der Waals surface area contributed by atoms with Crippen LogP contribution in [0.15, 0.2) is 42.5 Å². The van der Waals surface area contributed by atoms with Crippen LogP contribution in [-0.4, -0.2) is 29.0 Å². The van der Waals surface area contributed by atoms with Crippen LogP contribution in [0, 0.1) is 13.8 Å². The minimum absolute atomic E-state index is 0.0696. The summed E-state index contributed by atoms with van der Waals surface area (Å²) in [6.07, 6.45) is 7.49. The van der Waals surface area contributed by atoms with E-state index >= 15 is 0 Å². The smallest absolute Gasteiger partial charge is 0.399 e. The molecule has 1 N–H and O–H groups in total. The van der Waals surface area contributed by atoms with Gasteiger partial charge in [-0.15, -0.1) is 0 Å². The van der Waals surface area contributed by atoms with Crippen LogP contribution in [0.25, 0.3) is 6.08 Å². The summed E-state index contributed by atoms with van der Waals surface area (Å²) in [6, 6.07) is 13.6. The number of benzene rings is 2. The van der Waals surface area contributed by atoms with Crippen LogP contribution >= 0.6 is 0 Å². The highest BCUT2D eigenvalue weighted by Gasteiger charge is 2.52. The lowest BCUT2D eigenvalue weighted by Crippen LogP contribution is -2.41. The second kappa shape index (κ2) is 10.5. The summed E-state index contributed by atoms with van der Waals surface area (Å²) in [6.45, 7) is 21.4. The predicted molar refractivity (Wildman–Crippen MR) is 154 cm³/mol. The Hall–Kier alpha value is -1.88. The highest BCUT2D eigenvalue weighted by atomic mass is 16.7. The fraction of sp³-hybridized carbons (Fsp3) is 0.562. The standard InChI is InChI=1S/C32H47BO3/c1-11-31(34,12-2)20-19-25-15-16-26(21-23(25)5)32(13-3,14-4)27-17-18-28(24(6)22-27)33-35-29(7,8)30(9,10)36-33/h15-22,34H,11-14H2,1-10H3. The molecule has 1 heterocycles. The molecule has 0 radical (unpaired) electrons. The second-order valence-electron chi connectivity index (χ2n) is 11.7. The van der Waals surface area contributed by atoms with Gasteiger partial charge >= 0.3 is 7.12 Å². The first-order chi connectivity index (χ1) is 16.8. The molecule has 0 aliphatic carbocycles. The molecule has 196 valence electrons. The van der Waals surface area contributed by atoms with Crippen molar-refractivity contribution in [2.24, 2.45) is 0 Å². The molecule has 1 aliphatic rings. The third-order valence-electron chi connectivity index (χ3n) is 9.16. The van der Waals surface area contributed by atoms with Crippen molar-refractivity contribution < 1.29 is 14.4 Å². The van der Waals surface area contributed by atoms with E-state index in [0.29, 0.717) is 12.8 Å². The topological polar surface area (TPSA) is 38.7 Å². The minimum atomic E-state index is -0.738. The Balaban J connectivity index is 1.97. The summed E-state index contributed by atoms with van der Waals surface area (Å²) < 4.78 is 12.7. The summed E-state index contributed by atoms with van der Waals surface area (Å²) in [7, 11) is -0.347. The molecule has 3 rings (SSSR count). The van der Waals surface area contributed by atoms with Crippen molar-refractivity contribution in [3.05, 3.63) is 70.3 Å². The van der Waals surface area contributed by atoms with Crippen molar-refractivity contribution in [1.82, 2.24) is 0 Å². The number of hydrogen-bond donors (Lipinski definition) is 1. The highest BCUT2D eigenvalue weighted by molar-refractivity contribution is 6.62. The Morgan fingerprint density at radius 1 is 0.778 bits per heavy atom. The Morgan fingerprint density at radius 3 is 1.72 bits per heavy atom. The van der Waals surface area contributed by atoms with Gasteiger partial charge in [0.2, 0.25) is 0 Å². The molecular formula is C32H47BO3. The fourth-order valence-corrected chi connectivity index (χ4v) is 5.33. The van der Waals surface area contributed by atoms with Crippen molar-refractivity contribution >= 4 is 18.7 Å². The summed E-state index contributed by atoms with van der Waals surface area (Å²) in [5, 5.41) is 10.7. The van der Waals surface area contributed by atoms with Gasteiger partial charge in [-0.25, -0.2) is 0 Å². The lowest BCUT2D eigenvalue weighted by molar-refractivity contribution is 0.00578. The molecule has 3 nitrogen and oxygen atoms in total. The maximum Gasteiger partial charge on any atom is 0.495 e. The van der Waals surface area contributed by atoms with Crippen LogP contribution in [-0.2, 0) is 14.7 Å². The molecule has 36 heavy (non-hydrogen) atoms. The maximum atomic E-state index is 10.7. The zero-order valence-electron chi connectivity index (χ0n) is 24.3. The quantitative estimate of drug-likeness (QED) is 0.376. The van der Waals surface area contributed by atoms with Gasteiger partial charge < -0.3 is 14.4 Å². The van der Waals surface area contributed by atoms with Gasteiger partial charge in [-0.05, 0) is 94.9 Å². The molecule has 1 saturated heterocycles. The first kappa shape index (κ1) is 28.7. The number of rotatable bonds is 9. The third kappa shape index (κ3) is 5.23. The van der Waals surface area contributed by atoms with E-state index in [0.717, 1.165) is 23.9 Å². The minimum Gasteiger partial charge on any atom is -0.399 e. The van der Waals surface area contributed by atoms with Gasteiger partial charge in [-0.1, -0.05) is 81.8 Å². The third-order valence-corrected chi connectivity index (χ3v) is 9.16. The van der Waals surface area contributed by atoms with E-state index in [-0.39, 0.29) is 23.7 Å². The van der Waals surface area contributed by atoms with Gasteiger partial charge in [0, 0.05) is 5.41 Å². The molecule has 1 aliphatic heterocycles. The lowest BCUT2D eigenvalue weighted by Gasteiger charge is -2.34. The van der Waals surface area contributed by atoms with Crippen molar-refractivity contribution in [2.75, 3.05) is 0 Å². The van der Waals surface area contributed by atoms with E-state index < -0.39 is 5.60 Å². The molecule has 0 unspecified atom stereocenters. The Kier molecular flexibility index (Phi) is 8.35. The van der Waals surface area contributed by atoms with Crippen molar-refractivity contribution in [2.45, 2.75) is 117 Å². The van der Waals surface area contributed by atoms with Crippen LogP contribution in [0.5, 0.6) is 0 Å². The number of hydrogen-bond acceptors (Lipinski definition) is 3. The number of aryl methyl sites for hydroxylation is 2. The molecule has 4 heteroatoms. The average molecular weight is 491 g/mol. The normalized spacial score (nSPS) is 17.8. The summed E-state index contributed by atoms with van der Waals surface area (Å²) in [5.74, 6) is 0. The molecule has 0 atom stereocenters. The van der Waals surface area contributed by atoms with Crippen LogP contribution in [0.1, 0.15) is 109 Å². The van der Waals surface area contributed by atoms with Crippen molar-refractivity contribution in [1.29, 1.82) is 0 Å². The summed E-state index contributed by atoms with van der Waals surface area (Å²) in [5.41, 5.74) is 5.86.